The van der Waals surface area contributed by atoms with Crippen molar-refractivity contribution in [2.45, 2.75) is 38.0 Å². The van der Waals surface area contributed by atoms with Gasteiger partial charge in [-0.05, 0) is 39.0 Å². The zero-order valence-corrected chi connectivity index (χ0v) is 16.7. The quantitative estimate of drug-likeness (QED) is 0.681. The summed E-state index contributed by atoms with van der Waals surface area (Å²) in [5, 5.41) is 9.24. The summed E-state index contributed by atoms with van der Waals surface area (Å²) >= 11 is 6.08. The maximum absolute atomic E-state index is 15.1. The molecule has 0 radical (unpaired) electrons. The third-order valence-electron chi connectivity index (χ3n) is 3.60. The van der Waals surface area contributed by atoms with E-state index in [-0.39, 0.29) is 16.3 Å². The van der Waals surface area contributed by atoms with Crippen LogP contribution in [0, 0.1) is 5.82 Å². The van der Waals surface area contributed by atoms with Crippen molar-refractivity contribution < 1.29 is 23.2 Å². The van der Waals surface area contributed by atoms with E-state index in [1.54, 1.807) is 51.1 Å². The van der Waals surface area contributed by atoms with Crippen molar-refractivity contribution in [1.29, 1.82) is 0 Å². The molecule has 8 heteroatoms. The third-order valence-corrected chi connectivity index (χ3v) is 5.51. The monoisotopic (exact) mass is 413 g/mol. The summed E-state index contributed by atoms with van der Waals surface area (Å²) in [7, 11) is -1.60. The number of ether oxygens (including phenoxy) is 1. The van der Waals surface area contributed by atoms with E-state index in [1.165, 1.54) is 12.1 Å². The number of carboxylic acids is 1. The van der Waals surface area contributed by atoms with Crippen LogP contribution in [0.5, 0.6) is 11.5 Å². The molecule has 0 aliphatic heterocycles. The molecule has 0 saturated heterocycles. The summed E-state index contributed by atoms with van der Waals surface area (Å²) in [6, 6.07) is 10.3. The van der Waals surface area contributed by atoms with Crippen LogP contribution in [0.25, 0.3) is 0 Å². The number of aliphatic carboxylic acids is 1. The largest absolute Gasteiger partial charge is 0.481 e. The van der Waals surface area contributed by atoms with Crippen molar-refractivity contribution in [3.63, 3.8) is 0 Å². The van der Waals surface area contributed by atoms with E-state index in [0.29, 0.717) is 5.75 Å². The first-order chi connectivity index (χ1) is 12.6. The molecule has 0 unspecified atom stereocenters. The predicted molar refractivity (Wildman–Crippen MR) is 104 cm³/mol. The van der Waals surface area contributed by atoms with E-state index in [9.17, 15) is 14.1 Å². The fraction of sp³-hybridized carbons (Fsp3) is 0.316. The van der Waals surface area contributed by atoms with Gasteiger partial charge in [-0.1, -0.05) is 35.9 Å². The molecule has 0 aliphatic rings. The first-order valence-electron chi connectivity index (χ1n) is 8.20. The molecule has 0 bridgehead atoms. The Balaban J connectivity index is 2.42. The Kier molecular flexibility index (Phi) is 6.97. The van der Waals surface area contributed by atoms with Crippen LogP contribution in [-0.4, -0.2) is 20.0 Å². The van der Waals surface area contributed by atoms with Crippen LogP contribution in [0.2, 0.25) is 5.02 Å². The summed E-state index contributed by atoms with van der Waals surface area (Å²) in [6.07, 6.45) is -0.453. The molecule has 146 valence electrons. The molecule has 0 aliphatic carbocycles. The second-order valence-electron chi connectivity index (χ2n) is 6.84. The molecule has 0 saturated carbocycles. The molecule has 0 fully saturated rings. The maximum Gasteiger partial charge on any atom is 0.305 e. The number of carbonyl (C=O) groups is 1. The Morgan fingerprint density at radius 2 is 1.89 bits per heavy atom. The lowest BCUT2D eigenvalue weighted by Gasteiger charge is -2.24. The average molecular weight is 414 g/mol. The first-order valence-corrected chi connectivity index (χ1v) is 9.73. The van der Waals surface area contributed by atoms with Gasteiger partial charge in [-0.2, -0.15) is 0 Å². The standard InChI is InChI=1S/C19H21ClFNO4S/c1-19(2,3)27(25)22-15(11-16(23)24)13-9-10-14(20)18(17(13)21)26-12-7-5-4-6-8-12/h4-10,15,22H,11H2,1-3H3,(H,23,24)/t15-,27-/m1/s1. The van der Waals surface area contributed by atoms with E-state index in [2.05, 4.69) is 4.72 Å². The van der Waals surface area contributed by atoms with Crippen LogP contribution in [0.4, 0.5) is 4.39 Å². The third kappa shape index (κ3) is 5.76. The number of hydrogen-bond acceptors (Lipinski definition) is 3. The molecule has 5 nitrogen and oxygen atoms in total. The Hall–Kier alpha value is -1.96. The van der Waals surface area contributed by atoms with E-state index >= 15 is 4.39 Å². The van der Waals surface area contributed by atoms with Gasteiger partial charge in [0.15, 0.2) is 11.6 Å². The highest BCUT2D eigenvalue weighted by Crippen LogP contribution is 2.36. The van der Waals surface area contributed by atoms with Crippen molar-refractivity contribution in [2.24, 2.45) is 0 Å². The van der Waals surface area contributed by atoms with Gasteiger partial charge in [0.05, 0.1) is 33.2 Å². The normalized spacial score (nSPS) is 13.8. The average Bonchev–Trinajstić information content (AvgIpc) is 2.58. The van der Waals surface area contributed by atoms with Crippen molar-refractivity contribution in [2.75, 3.05) is 0 Å². The molecule has 27 heavy (non-hydrogen) atoms. The smallest absolute Gasteiger partial charge is 0.305 e. The molecular weight excluding hydrogens is 393 g/mol. The number of halogens is 2. The second-order valence-corrected chi connectivity index (χ2v) is 9.25. The van der Waals surface area contributed by atoms with Crippen LogP contribution in [0.3, 0.4) is 0 Å². The lowest BCUT2D eigenvalue weighted by molar-refractivity contribution is -0.137. The number of benzene rings is 2. The summed E-state index contributed by atoms with van der Waals surface area (Å²) in [6.45, 7) is 5.20. The zero-order valence-electron chi connectivity index (χ0n) is 15.2. The number of hydrogen-bond donors (Lipinski definition) is 2. The SMILES string of the molecule is CC(C)(C)[S@@](=O)N[C@H](CC(=O)O)c1ccc(Cl)c(Oc2ccccc2)c1F. The molecule has 0 heterocycles. The van der Waals surface area contributed by atoms with Crippen LogP contribution in [0.1, 0.15) is 38.8 Å². The Morgan fingerprint density at radius 3 is 2.44 bits per heavy atom. The van der Waals surface area contributed by atoms with Gasteiger partial charge in [-0.15, -0.1) is 0 Å². The van der Waals surface area contributed by atoms with Gasteiger partial charge < -0.3 is 9.84 Å². The second kappa shape index (κ2) is 8.82. The van der Waals surface area contributed by atoms with E-state index in [0.717, 1.165) is 0 Å². The molecule has 2 atom stereocenters. The summed E-state index contributed by atoms with van der Waals surface area (Å²) in [5.74, 6) is -1.77. The predicted octanol–water partition coefficient (Wildman–Crippen LogP) is 4.84. The topological polar surface area (TPSA) is 75.6 Å². The number of rotatable bonds is 7. The summed E-state index contributed by atoms with van der Waals surface area (Å²) in [5.41, 5.74) is 0.0188. The highest BCUT2D eigenvalue weighted by atomic mass is 35.5. The van der Waals surface area contributed by atoms with Gasteiger partial charge in [-0.25, -0.2) is 13.3 Å². The van der Waals surface area contributed by atoms with Crippen molar-refractivity contribution in [1.82, 2.24) is 4.72 Å². The van der Waals surface area contributed by atoms with E-state index in [1.807, 2.05) is 0 Å². The first kappa shape index (κ1) is 21.3. The van der Waals surface area contributed by atoms with E-state index in [4.69, 9.17) is 16.3 Å². The fourth-order valence-corrected chi connectivity index (χ4v) is 3.22. The Labute approximate surface area is 165 Å². The zero-order chi connectivity index (χ0) is 20.2. The molecule has 2 aromatic carbocycles. The van der Waals surface area contributed by atoms with Crippen LogP contribution < -0.4 is 9.46 Å². The minimum Gasteiger partial charge on any atom is -0.481 e. The maximum atomic E-state index is 15.1. The number of para-hydroxylation sites is 1. The molecular formula is C19H21ClFNO4S. The lowest BCUT2D eigenvalue weighted by Crippen LogP contribution is -2.36. The molecule has 2 aromatic rings. The molecule has 0 spiro atoms. The minimum atomic E-state index is -1.60. The highest BCUT2D eigenvalue weighted by Gasteiger charge is 2.28. The van der Waals surface area contributed by atoms with Gasteiger partial charge in [0, 0.05) is 5.56 Å². The summed E-state index contributed by atoms with van der Waals surface area (Å²) < 4.78 is 35.1. The lowest BCUT2D eigenvalue weighted by atomic mass is 10.0. The Morgan fingerprint density at radius 1 is 1.26 bits per heavy atom. The van der Waals surface area contributed by atoms with Gasteiger partial charge in [-0.3, -0.25) is 4.79 Å². The van der Waals surface area contributed by atoms with Gasteiger partial charge >= 0.3 is 5.97 Å². The van der Waals surface area contributed by atoms with Crippen molar-refractivity contribution >= 4 is 28.6 Å². The molecule has 0 aromatic heterocycles. The molecule has 2 N–H and O–H groups in total. The highest BCUT2D eigenvalue weighted by molar-refractivity contribution is 7.84. The van der Waals surface area contributed by atoms with Gasteiger partial charge in [0.25, 0.3) is 0 Å². The molecule has 2 rings (SSSR count). The van der Waals surface area contributed by atoms with E-state index < -0.39 is 40.0 Å². The summed E-state index contributed by atoms with van der Waals surface area (Å²) in [4.78, 5) is 11.2. The van der Waals surface area contributed by atoms with Crippen LogP contribution in [0.15, 0.2) is 42.5 Å². The van der Waals surface area contributed by atoms with Crippen molar-refractivity contribution in [3.8, 4) is 11.5 Å². The Bertz CT molecular complexity index is 840. The minimum absolute atomic E-state index is 0.0188. The van der Waals surface area contributed by atoms with Gasteiger partial charge in [0.1, 0.15) is 5.75 Å². The number of nitrogens with one attached hydrogen (secondary N) is 1. The number of carboxylic acid groups (broad SMARTS) is 1. The molecule has 0 amide bonds. The van der Waals surface area contributed by atoms with Crippen LogP contribution in [-0.2, 0) is 15.8 Å². The van der Waals surface area contributed by atoms with Crippen LogP contribution >= 0.6 is 11.6 Å². The van der Waals surface area contributed by atoms with Gasteiger partial charge in [0.2, 0.25) is 0 Å². The fourth-order valence-electron chi connectivity index (χ4n) is 2.21. The van der Waals surface area contributed by atoms with Crippen molar-refractivity contribution in [3.05, 3.63) is 58.9 Å².